The molecule has 2 saturated heterocycles. The van der Waals surface area contributed by atoms with Gasteiger partial charge < -0.3 is 15.2 Å². The molecule has 2 aliphatic heterocycles. The normalized spacial score (nSPS) is 36.0. The van der Waals surface area contributed by atoms with E-state index in [1.807, 2.05) is 0 Å². The Hall–Kier alpha value is -0.160. The van der Waals surface area contributed by atoms with Crippen molar-refractivity contribution in [3.05, 3.63) is 0 Å². The molecule has 4 nitrogen and oxygen atoms in total. The predicted octanol–water partition coefficient (Wildman–Crippen LogP) is 0.994. The summed E-state index contributed by atoms with van der Waals surface area (Å²) >= 11 is 0. The molecule has 3 atom stereocenters. The average molecular weight is 242 g/mol. The molecule has 0 spiro atoms. The fourth-order valence-electron chi connectivity index (χ4n) is 2.98. The zero-order valence-electron chi connectivity index (χ0n) is 10.9. The Bertz CT molecular complexity index is 219. The molecule has 0 aromatic heterocycles. The van der Waals surface area contributed by atoms with Crippen LogP contribution in [0.2, 0.25) is 0 Å². The summed E-state index contributed by atoms with van der Waals surface area (Å²) in [5, 5.41) is 0. The van der Waals surface area contributed by atoms with Crippen molar-refractivity contribution >= 4 is 0 Å². The van der Waals surface area contributed by atoms with E-state index in [0.717, 1.165) is 39.1 Å². The van der Waals surface area contributed by atoms with Crippen LogP contribution < -0.4 is 5.73 Å². The van der Waals surface area contributed by atoms with Crippen molar-refractivity contribution in [3.63, 3.8) is 0 Å². The maximum atomic E-state index is 5.88. The van der Waals surface area contributed by atoms with Gasteiger partial charge in [-0.25, -0.2) is 0 Å². The van der Waals surface area contributed by atoms with Gasteiger partial charge in [-0.2, -0.15) is 0 Å². The topological polar surface area (TPSA) is 47.7 Å². The first-order valence-corrected chi connectivity index (χ1v) is 6.92. The smallest absolute Gasteiger partial charge is 0.0702 e. The van der Waals surface area contributed by atoms with E-state index in [-0.39, 0.29) is 0 Å². The highest BCUT2D eigenvalue weighted by atomic mass is 16.5. The van der Waals surface area contributed by atoms with Crippen LogP contribution in [0.4, 0.5) is 0 Å². The number of hydrogen-bond acceptors (Lipinski definition) is 4. The molecular weight excluding hydrogens is 216 g/mol. The largest absolute Gasteiger partial charge is 0.381 e. The van der Waals surface area contributed by atoms with Crippen LogP contribution in [0.1, 0.15) is 32.1 Å². The SMILES string of the molecule is COC1CCN(CC2CCCCO2)C(CN)C1. The van der Waals surface area contributed by atoms with E-state index >= 15 is 0 Å². The lowest BCUT2D eigenvalue weighted by Gasteiger charge is -2.40. The van der Waals surface area contributed by atoms with Gasteiger partial charge in [0.25, 0.3) is 0 Å². The molecule has 100 valence electrons. The first kappa shape index (κ1) is 13.3. The van der Waals surface area contributed by atoms with Crippen LogP contribution >= 0.6 is 0 Å². The summed E-state index contributed by atoms with van der Waals surface area (Å²) in [7, 11) is 1.80. The highest BCUT2D eigenvalue weighted by molar-refractivity contribution is 4.84. The Labute approximate surface area is 104 Å². The Morgan fingerprint density at radius 2 is 2.24 bits per heavy atom. The predicted molar refractivity (Wildman–Crippen MR) is 68.0 cm³/mol. The summed E-state index contributed by atoms with van der Waals surface area (Å²) in [4.78, 5) is 2.51. The molecular formula is C13H26N2O2. The second-order valence-electron chi connectivity index (χ2n) is 5.26. The molecule has 4 heteroatoms. The van der Waals surface area contributed by atoms with E-state index in [0.29, 0.717) is 18.2 Å². The molecule has 2 rings (SSSR count). The number of likely N-dealkylation sites (tertiary alicyclic amines) is 1. The Kier molecular flexibility index (Phi) is 5.22. The fourth-order valence-corrected chi connectivity index (χ4v) is 2.98. The van der Waals surface area contributed by atoms with Crippen LogP contribution in [0.5, 0.6) is 0 Å². The molecule has 17 heavy (non-hydrogen) atoms. The molecule has 0 aromatic carbocycles. The van der Waals surface area contributed by atoms with Crippen LogP contribution in [-0.4, -0.2) is 56.5 Å². The molecule has 0 saturated carbocycles. The van der Waals surface area contributed by atoms with E-state index in [9.17, 15) is 0 Å². The van der Waals surface area contributed by atoms with E-state index in [2.05, 4.69) is 4.90 Å². The number of methoxy groups -OCH3 is 1. The number of nitrogens with zero attached hydrogens (tertiary/aromatic N) is 1. The van der Waals surface area contributed by atoms with Crippen LogP contribution in [-0.2, 0) is 9.47 Å². The van der Waals surface area contributed by atoms with E-state index < -0.39 is 0 Å². The number of ether oxygens (including phenoxy) is 2. The van der Waals surface area contributed by atoms with Gasteiger partial charge in [0.15, 0.2) is 0 Å². The lowest BCUT2D eigenvalue weighted by atomic mass is 9.98. The highest BCUT2D eigenvalue weighted by Crippen LogP contribution is 2.22. The van der Waals surface area contributed by atoms with Gasteiger partial charge in [0.2, 0.25) is 0 Å². The fraction of sp³-hybridized carbons (Fsp3) is 1.00. The molecule has 0 amide bonds. The minimum Gasteiger partial charge on any atom is -0.381 e. The van der Waals surface area contributed by atoms with Crippen LogP contribution in [0.15, 0.2) is 0 Å². The Morgan fingerprint density at radius 1 is 1.35 bits per heavy atom. The van der Waals surface area contributed by atoms with Crippen molar-refractivity contribution in [2.24, 2.45) is 5.73 Å². The summed E-state index contributed by atoms with van der Waals surface area (Å²) in [5.74, 6) is 0. The number of rotatable bonds is 4. The van der Waals surface area contributed by atoms with Crippen molar-refractivity contribution in [1.82, 2.24) is 4.90 Å². The van der Waals surface area contributed by atoms with Gasteiger partial charge in [-0.1, -0.05) is 0 Å². The first-order valence-electron chi connectivity index (χ1n) is 6.92. The van der Waals surface area contributed by atoms with Crippen molar-refractivity contribution in [1.29, 1.82) is 0 Å². The minimum atomic E-state index is 0.395. The molecule has 0 aliphatic carbocycles. The lowest BCUT2D eigenvalue weighted by Crippen LogP contribution is -2.51. The molecule has 2 heterocycles. The summed E-state index contributed by atoms with van der Waals surface area (Å²) in [6, 6.07) is 0.472. The van der Waals surface area contributed by atoms with Crippen molar-refractivity contribution in [3.8, 4) is 0 Å². The maximum absolute atomic E-state index is 5.88. The molecule has 2 fully saturated rings. The Morgan fingerprint density at radius 3 is 2.88 bits per heavy atom. The number of piperidine rings is 1. The Balaban J connectivity index is 1.82. The third-order valence-electron chi connectivity index (χ3n) is 4.11. The zero-order valence-corrected chi connectivity index (χ0v) is 10.9. The lowest BCUT2D eigenvalue weighted by molar-refractivity contribution is -0.0390. The number of nitrogens with two attached hydrogens (primary N) is 1. The zero-order chi connectivity index (χ0) is 12.1. The second-order valence-corrected chi connectivity index (χ2v) is 5.26. The van der Waals surface area contributed by atoms with E-state index in [1.54, 1.807) is 7.11 Å². The van der Waals surface area contributed by atoms with Gasteiger partial charge in [-0.15, -0.1) is 0 Å². The molecule has 2 N–H and O–H groups in total. The standard InChI is InChI=1S/C13H26N2O2/c1-16-12-5-6-15(11(8-12)9-14)10-13-4-2-3-7-17-13/h11-13H,2-10,14H2,1H3. The molecule has 0 bridgehead atoms. The van der Waals surface area contributed by atoms with Gasteiger partial charge in [0.1, 0.15) is 0 Å². The molecule has 3 unspecified atom stereocenters. The van der Waals surface area contributed by atoms with Crippen LogP contribution in [0.25, 0.3) is 0 Å². The summed E-state index contributed by atoms with van der Waals surface area (Å²) < 4.78 is 11.3. The first-order chi connectivity index (χ1) is 8.33. The van der Waals surface area contributed by atoms with E-state index in [1.165, 1.54) is 19.3 Å². The minimum absolute atomic E-state index is 0.395. The van der Waals surface area contributed by atoms with Crippen molar-refractivity contribution < 1.29 is 9.47 Å². The monoisotopic (exact) mass is 242 g/mol. The van der Waals surface area contributed by atoms with Crippen molar-refractivity contribution in [2.45, 2.75) is 50.4 Å². The third kappa shape index (κ3) is 3.65. The highest BCUT2D eigenvalue weighted by Gasteiger charge is 2.29. The van der Waals surface area contributed by atoms with Crippen LogP contribution in [0, 0.1) is 0 Å². The average Bonchev–Trinajstić information content (AvgIpc) is 2.40. The number of hydrogen-bond donors (Lipinski definition) is 1. The molecule has 0 radical (unpaired) electrons. The van der Waals surface area contributed by atoms with Crippen LogP contribution in [0.3, 0.4) is 0 Å². The summed E-state index contributed by atoms with van der Waals surface area (Å²) in [6.07, 6.45) is 6.76. The quantitative estimate of drug-likeness (QED) is 0.799. The van der Waals surface area contributed by atoms with Gasteiger partial charge in [0, 0.05) is 39.4 Å². The van der Waals surface area contributed by atoms with Crippen molar-refractivity contribution in [2.75, 3.05) is 33.4 Å². The molecule has 2 aliphatic rings. The van der Waals surface area contributed by atoms with Gasteiger partial charge in [-0.05, 0) is 32.1 Å². The summed E-state index contributed by atoms with van der Waals surface area (Å²) in [6.45, 7) is 3.82. The second kappa shape index (κ2) is 6.69. The van der Waals surface area contributed by atoms with Gasteiger partial charge in [-0.3, -0.25) is 4.90 Å². The third-order valence-corrected chi connectivity index (χ3v) is 4.11. The molecule has 0 aromatic rings. The summed E-state index contributed by atoms with van der Waals surface area (Å²) in [5.41, 5.74) is 5.88. The maximum Gasteiger partial charge on any atom is 0.0702 e. The van der Waals surface area contributed by atoms with Gasteiger partial charge >= 0.3 is 0 Å². The van der Waals surface area contributed by atoms with Gasteiger partial charge in [0.05, 0.1) is 12.2 Å². The van der Waals surface area contributed by atoms with E-state index in [4.69, 9.17) is 15.2 Å².